The normalized spacial score (nSPS) is 13.0. The van der Waals surface area contributed by atoms with Crippen LogP contribution in [-0.2, 0) is 25.8 Å². The summed E-state index contributed by atoms with van der Waals surface area (Å²) < 4.78 is 30.2. The maximum absolute atomic E-state index is 12.5. The molecular formula is C25H31NO5S. The Kier molecular flexibility index (Phi) is 8.78. The molecule has 32 heavy (non-hydrogen) atoms. The number of aryl methyl sites for hydroxylation is 1. The fourth-order valence-electron chi connectivity index (χ4n) is 2.90. The highest BCUT2D eigenvalue weighted by Crippen LogP contribution is 2.14. The Labute approximate surface area is 190 Å². The Hall–Kier alpha value is -2.93. The lowest BCUT2D eigenvalue weighted by molar-refractivity contribution is -0.114. The van der Waals surface area contributed by atoms with E-state index >= 15 is 0 Å². The molecule has 0 aliphatic carbocycles. The Morgan fingerprint density at radius 1 is 1.03 bits per heavy atom. The summed E-state index contributed by atoms with van der Waals surface area (Å²) in [5.74, 6) is -0.605. The van der Waals surface area contributed by atoms with Crippen molar-refractivity contribution in [2.45, 2.75) is 57.1 Å². The maximum atomic E-state index is 12.5. The number of nitrogens with one attached hydrogen (secondary N) is 1. The Morgan fingerprint density at radius 2 is 1.66 bits per heavy atom. The minimum Gasteiger partial charge on any atom is -0.444 e. The summed E-state index contributed by atoms with van der Waals surface area (Å²) in [5, 5.41) is 2.76. The zero-order valence-corrected chi connectivity index (χ0v) is 19.8. The fourth-order valence-corrected chi connectivity index (χ4v) is 4.16. The highest BCUT2D eigenvalue weighted by molar-refractivity contribution is 7.91. The van der Waals surface area contributed by atoms with E-state index in [1.807, 2.05) is 37.3 Å². The average Bonchev–Trinajstić information content (AvgIpc) is 2.70. The highest BCUT2D eigenvalue weighted by Gasteiger charge is 2.19. The van der Waals surface area contributed by atoms with Gasteiger partial charge in [-0.2, -0.15) is 0 Å². The van der Waals surface area contributed by atoms with Gasteiger partial charge < -0.3 is 10.1 Å². The summed E-state index contributed by atoms with van der Waals surface area (Å²) in [6, 6.07) is 15.6. The van der Waals surface area contributed by atoms with Crippen LogP contribution in [0.2, 0.25) is 0 Å². The molecule has 0 aliphatic heterocycles. The lowest BCUT2D eigenvalue weighted by Crippen LogP contribution is -2.39. The first-order valence-corrected chi connectivity index (χ1v) is 12.1. The van der Waals surface area contributed by atoms with E-state index in [0.717, 1.165) is 11.1 Å². The van der Waals surface area contributed by atoms with E-state index in [4.69, 9.17) is 4.74 Å². The minimum absolute atomic E-state index is 0.142. The molecule has 1 amide bonds. The van der Waals surface area contributed by atoms with E-state index < -0.39 is 27.6 Å². The van der Waals surface area contributed by atoms with Crippen molar-refractivity contribution in [2.24, 2.45) is 0 Å². The van der Waals surface area contributed by atoms with Crippen LogP contribution in [0.3, 0.4) is 0 Å². The first-order chi connectivity index (χ1) is 14.9. The molecule has 1 N–H and O–H groups in total. The van der Waals surface area contributed by atoms with Crippen molar-refractivity contribution in [2.75, 3.05) is 5.75 Å². The monoisotopic (exact) mass is 457 g/mol. The van der Waals surface area contributed by atoms with E-state index in [2.05, 4.69) is 5.32 Å². The third-order valence-corrected chi connectivity index (χ3v) is 6.24. The molecule has 0 heterocycles. The summed E-state index contributed by atoms with van der Waals surface area (Å²) in [6.07, 6.45) is 2.65. The number of alkyl carbamates (subject to hydrolysis) is 1. The van der Waals surface area contributed by atoms with E-state index in [1.54, 1.807) is 51.1 Å². The highest BCUT2D eigenvalue weighted by atomic mass is 32.2. The molecule has 0 aliphatic rings. The maximum Gasteiger partial charge on any atom is 0.408 e. The SMILES string of the molecule is Cc1ccc(S(=O)(=O)CCC(=O)/C=C/[C@H](Cc2ccccc2)NC(=O)OC(C)(C)C)cc1. The predicted octanol–water partition coefficient (Wildman–Crippen LogP) is 4.42. The fraction of sp³-hybridized carbons (Fsp3) is 0.360. The number of allylic oxidation sites excluding steroid dienone is 1. The van der Waals surface area contributed by atoms with E-state index in [-0.39, 0.29) is 22.9 Å². The van der Waals surface area contributed by atoms with Crippen LogP contribution >= 0.6 is 0 Å². The standard InChI is InChI=1S/C25H31NO5S/c1-19-10-14-23(15-11-19)32(29,30)17-16-22(27)13-12-21(18-20-8-6-5-7-9-20)26-24(28)31-25(2,3)4/h5-15,21H,16-18H2,1-4H3,(H,26,28)/b13-12+/t21-/m1/s1. The third-order valence-electron chi connectivity index (χ3n) is 4.51. The number of sulfone groups is 1. The van der Waals surface area contributed by atoms with Crippen LogP contribution in [0.25, 0.3) is 0 Å². The zero-order valence-electron chi connectivity index (χ0n) is 19.0. The number of carbonyl (C=O) groups excluding carboxylic acids is 2. The minimum atomic E-state index is -3.54. The molecule has 0 spiro atoms. The van der Waals surface area contributed by atoms with E-state index in [1.165, 1.54) is 6.08 Å². The van der Waals surface area contributed by atoms with Crippen LogP contribution < -0.4 is 5.32 Å². The number of carbonyl (C=O) groups is 2. The lowest BCUT2D eigenvalue weighted by Gasteiger charge is -2.22. The molecule has 0 saturated heterocycles. The molecule has 0 fully saturated rings. The predicted molar refractivity (Wildman–Crippen MR) is 125 cm³/mol. The number of benzene rings is 2. The summed E-state index contributed by atoms with van der Waals surface area (Å²) in [4.78, 5) is 24.8. The van der Waals surface area contributed by atoms with Crippen LogP contribution in [0.4, 0.5) is 4.79 Å². The van der Waals surface area contributed by atoms with Crippen molar-refractivity contribution in [3.05, 3.63) is 77.9 Å². The van der Waals surface area contributed by atoms with Gasteiger partial charge in [0.1, 0.15) is 5.60 Å². The van der Waals surface area contributed by atoms with Gasteiger partial charge in [0.25, 0.3) is 0 Å². The lowest BCUT2D eigenvalue weighted by atomic mass is 10.1. The van der Waals surface area contributed by atoms with Crippen molar-refractivity contribution in [3.8, 4) is 0 Å². The van der Waals surface area contributed by atoms with Gasteiger partial charge in [0.15, 0.2) is 15.6 Å². The Morgan fingerprint density at radius 3 is 2.25 bits per heavy atom. The molecule has 2 aromatic carbocycles. The van der Waals surface area contributed by atoms with Gasteiger partial charge in [0.2, 0.25) is 0 Å². The summed E-state index contributed by atoms with van der Waals surface area (Å²) in [5.41, 5.74) is 1.29. The molecule has 0 saturated carbocycles. The van der Waals surface area contributed by atoms with Crippen molar-refractivity contribution in [1.82, 2.24) is 5.32 Å². The average molecular weight is 458 g/mol. The van der Waals surface area contributed by atoms with Gasteiger partial charge in [-0.1, -0.05) is 54.1 Å². The number of rotatable bonds is 9. The largest absolute Gasteiger partial charge is 0.444 e. The zero-order chi connectivity index (χ0) is 23.8. The number of ether oxygens (including phenoxy) is 1. The molecule has 1 atom stereocenters. The third kappa shape index (κ3) is 9.06. The van der Waals surface area contributed by atoms with Crippen molar-refractivity contribution >= 4 is 21.7 Å². The van der Waals surface area contributed by atoms with Crippen molar-refractivity contribution in [3.63, 3.8) is 0 Å². The Balaban J connectivity index is 2.03. The molecule has 172 valence electrons. The number of ketones is 1. The van der Waals surface area contributed by atoms with E-state index in [9.17, 15) is 18.0 Å². The van der Waals surface area contributed by atoms with Crippen molar-refractivity contribution < 1.29 is 22.7 Å². The smallest absolute Gasteiger partial charge is 0.408 e. The van der Waals surface area contributed by atoms with E-state index in [0.29, 0.717) is 6.42 Å². The van der Waals surface area contributed by atoms with Gasteiger partial charge in [-0.25, -0.2) is 13.2 Å². The first-order valence-electron chi connectivity index (χ1n) is 10.5. The number of hydrogen-bond acceptors (Lipinski definition) is 5. The molecule has 2 rings (SSSR count). The quantitative estimate of drug-likeness (QED) is 0.563. The van der Waals surface area contributed by atoms with Gasteiger partial charge >= 0.3 is 6.09 Å². The molecule has 6 nitrogen and oxygen atoms in total. The second-order valence-electron chi connectivity index (χ2n) is 8.65. The molecule has 0 bridgehead atoms. The Bertz CT molecular complexity index is 1040. The first kappa shape index (κ1) is 25.3. The van der Waals surface area contributed by atoms with Crippen LogP contribution in [-0.4, -0.2) is 37.7 Å². The summed E-state index contributed by atoms with van der Waals surface area (Å²) in [6.45, 7) is 7.19. The molecule has 2 aromatic rings. The topological polar surface area (TPSA) is 89.5 Å². The molecular weight excluding hydrogens is 426 g/mol. The van der Waals surface area contributed by atoms with Crippen LogP contribution in [0.15, 0.2) is 71.6 Å². The van der Waals surface area contributed by atoms with Gasteiger partial charge in [-0.15, -0.1) is 0 Å². The van der Waals surface area contributed by atoms with Crippen molar-refractivity contribution in [1.29, 1.82) is 0 Å². The van der Waals surface area contributed by atoms with Crippen LogP contribution in [0.5, 0.6) is 0 Å². The van der Waals surface area contributed by atoms with Gasteiger partial charge in [0.05, 0.1) is 16.7 Å². The van der Waals surface area contributed by atoms with Crippen LogP contribution in [0.1, 0.15) is 38.3 Å². The second kappa shape index (κ2) is 11.1. The summed E-state index contributed by atoms with van der Waals surface area (Å²) >= 11 is 0. The number of amides is 1. The molecule has 0 aromatic heterocycles. The molecule has 0 unspecified atom stereocenters. The molecule has 7 heteroatoms. The number of hydrogen-bond donors (Lipinski definition) is 1. The van der Waals surface area contributed by atoms with Crippen LogP contribution in [0, 0.1) is 6.92 Å². The van der Waals surface area contributed by atoms with Gasteiger partial charge in [-0.3, -0.25) is 4.79 Å². The molecule has 0 radical (unpaired) electrons. The summed E-state index contributed by atoms with van der Waals surface area (Å²) in [7, 11) is -3.54. The van der Waals surface area contributed by atoms with Gasteiger partial charge in [-0.05, 0) is 57.9 Å². The van der Waals surface area contributed by atoms with Gasteiger partial charge in [0, 0.05) is 6.42 Å². The second-order valence-corrected chi connectivity index (χ2v) is 10.8.